The van der Waals surface area contributed by atoms with Gasteiger partial charge in [-0.3, -0.25) is 5.41 Å². The molecule has 3 N–H and O–H groups in total. The fraction of sp³-hybridized carbons (Fsp3) is 0.188. The molecule has 110 valence electrons. The molecule has 0 aliphatic heterocycles. The Hall–Kier alpha value is -2.56. The zero-order chi connectivity index (χ0) is 15.2. The molecule has 0 aliphatic carbocycles. The summed E-state index contributed by atoms with van der Waals surface area (Å²) in [6.45, 7) is 1.19. The van der Waals surface area contributed by atoms with Crippen molar-refractivity contribution in [2.75, 3.05) is 25.1 Å². The first-order chi connectivity index (χ1) is 10.1. The normalized spacial score (nSPS) is 10.2. The first kappa shape index (κ1) is 14.8. The van der Waals surface area contributed by atoms with Gasteiger partial charge in [0.05, 0.1) is 6.54 Å². The van der Waals surface area contributed by atoms with Gasteiger partial charge in [-0.05, 0) is 48.5 Å². The van der Waals surface area contributed by atoms with Crippen molar-refractivity contribution >= 4 is 11.5 Å². The number of halogens is 1. The summed E-state index contributed by atoms with van der Waals surface area (Å²) < 4.78 is 18.5. The summed E-state index contributed by atoms with van der Waals surface area (Å²) in [7, 11) is 1.93. The third-order valence-electron chi connectivity index (χ3n) is 3.13. The Balaban J connectivity index is 1.83. The average molecular weight is 287 g/mol. The lowest BCUT2D eigenvalue weighted by Crippen LogP contribution is -2.23. The number of nitrogens with two attached hydrogens (primary N) is 1. The Labute approximate surface area is 123 Å². The second-order valence-electron chi connectivity index (χ2n) is 4.68. The van der Waals surface area contributed by atoms with Crippen LogP contribution in [0, 0.1) is 11.2 Å². The topological polar surface area (TPSA) is 62.3 Å². The van der Waals surface area contributed by atoms with Gasteiger partial charge < -0.3 is 15.4 Å². The molecular formula is C16H18FN3O. The number of ether oxygens (including phenoxy) is 1. The van der Waals surface area contributed by atoms with Gasteiger partial charge in [0.25, 0.3) is 0 Å². The first-order valence-corrected chi connectivity index (χ1v) is 6.60. The largest absolute Gasteiger partial charge is 0.492 e. The number of benzene rings is 2. The predicted octanol–water partition coefficient (Wildman–Crippen LogP) is 2.62. The molecule has 0 bridgehead atoms. The Morgan fingerprint density at radius 3 is 2.33 bits per heavy atom. The average Bonchev–Trinajstić information content (AvgIpc) is 2.48. The van der Waals surface area contributed by atoms with Crippen LogP contribution in [0.3, 0.4) is 0 Å². The zero-order valence-corrected chi connectivity index (χ0v) is 11.8. The standard InChI is InChI=1S/C16H18FN3O/c1-20(14-6-4-13(17)5-7-14)10-11-21-15-8-2-12(3-9-15)16(18)19/h2-9H,10-11H2,1H3,(H3,18,19). The number of anilines is 1. The fourth-order valence-electron chi connectivity index (χ4n) is 1.86. The minimum absolute atomic E-state index is 0.0394. The minimum Gasteiger partial charge on any atom is -0.492 e. The molecule has 0 aromatic heterocycles. The molecule has 2 aromatic rings. The number of amidine groups is 1. The predicted molar refractivity (Wildman–Crippen MR) is 82.6 cm³/mol. The van der Waals surface area contributed by atoms with E-state index in [0.29, 0.717) is 18.7 Å². The summed E-state index contributed by atoms with van der Waals surface area (Å²) in [5.74, 6) is 0.527. The van der Waals surface area contributed by atoms with Gasteiger partial charge in [0.1, 0.15) is 24.0 Å². The second-order valence-corrected chi connectivity index (χ2v) is 4.68. The quantitative estimate of drug-likeness (QED) is 0.634. The van der Waals surface area contributed by atoms with E-state index in [1.54, 1.807) is 36.4 Å². The summed E-state index contributed by atoms with van der Waals surface area (Å²) in [6.07, 6.45) is 0. The molecule has 4 nitrogen and oxygen atoms in total. The summed E-state index contributed by atoms with van der Waals surface area (Å²) in [5.41, 5.74) is 7.00. The highest BCUT2D eigenvalue weighted by Crippen LogP contribution is 2.14. The van der Waals surface area contributed by atoms with E-state index in [2.05, 4.69) is 0 Å². The molecule has 0 unspecified atom stereocenters. The van der Waals surface area contributed by atoms with Crippen LogP contribution in [0.25, 0.3) is 0 Å². The molecular weight excluding hydrogens is 269 g/mol. The summed E-state index contributed by atoms with van der Waals surface area (Å²) in [6, 6.07) is 13.4. The van der Waals surface area contributed by atoms with Gasteiger partial charge in [-0.15, -0.1) is 0 Å². The number of rotatable bonds is 6. The lowest BCUT2D eigenvalue weighted by molar-refractivity contribution is 0.326. The van der Waals surface area contributed by atoms with Crippen LogP contribution in [0.5, 0.6) is 5.75 Å². The van der Waals surface area contributed by atoms with Crippen molar-refractivity contribution in [2.24, 2.45) is 5.73 Å². The van der Waals surface area contributed by atoms with Crippen molar-refractivity contribution in [3.63, 3.8) is 0 Å². The van der Waals surface area contributed by atoms with E-state index in [-0.39, 0.29) is 11.7 Å². The fourth-order valence-corrected chi connectivity index (χ4v) is 1.86. The maximum Gasteiger partial charge on any atom is 0.123 e. The van der Waals surface area contributed by atoms with Crippen molar-refractivity contribution in [1.29, 1.82) is 5.41 Å². The van der Waals surface area contributed by atoms with Crippen LogP contribution in [0.2, 0.25) is 0 Å². The first-order valence-electron chi connectivity index (χ1n) is 6.60. The van der Waals surface area contributed by atoms with E-state index in [1.807, 2.05) is 11.9 Å². The molecule has 0 atom stereocenters. The van der Waals surface area contributed by atoms with Gasteiger partial charge in [-0.25, -0.2) is 4.39 Å². The molecule has 0 amide bonds. The van der Waals surface area contributed by atoms with Crippen molar-refractivity contribution in [3.05, 3.63) is 59.9 Å². The van der Waals surface area contributed by atoms with Crippen LogP contribution >= 0.6 is 0 Å². The van der Waals surface area contributed by atoms with Crippen LogP contribution in [0.4, 0.5) is 10.1 Å². The van der Waals surface area contributed by atoms with E-state index in [9.17, 15) is 4.39 Å². The number of hydrogen-bond donors (Lipinski definition) is 2. The van der Waals surface area contributed by atoms with Gasteiger partial charge in [-0.1, -0.05) is 0 Å². The van der Waals surface area contributed by atoms with Crippen molar-refractivity contribution in [1.82, 2.24) is 0 Å². The molecule has 2 aromatic carbocycles. The molecule has 0 aliphatic rings. The number of nitrogens with one attached hydrogen (secondary N) is 1. The van der Waals surface area contributed by atoms with Crippen LogP contribution in [-0.2, 0) is 0 Å². The van der Waals surface area contributed by atoms with Crippen LogP contribution in [0.1, 0.15) is 5.56 Å². The monoisotopic (exact) mass is 287 g/mol. The van der Waals surface area contributed by atoms with Crippen LogP contribution < -0.4 is 15.4 Å². The third kappa shape index (κ3) is 4.21. The Morgan fingerprint density at radius 2 is 1.76 bits per heavy atom. The van der Waals surface area contributed by atoms with E-state index in [0.717, 1.165) is 11.4 Å². The van der Waals surface area contributed by atoms with Gasteiger partial charge in [-0.2, -0.15) is 0 Å². The van der Waals surface area contributed by atoms with Gasteiger partial charge in [0, 0.05) is 18.3 Å². The van der Waals surface area contributed by atoms with Gasteiger partial charge >= 0.3 is 0 Å². The lowest BCUT2D eigenvalue weighted by atomic mass is 10.2. The van der Waals surface area contributed by atoms with Crippen molar-refractivity contribution in [2.45, 2.75) is 0 Å². The highest BCUT2D eigenvalue weighted by Gasteiger charge is 2.02. The van der Waals surface area contributed by atoms with Crippen molar-refractivity contribution < 1.29 is 9.13 Å². The number of nitrogen functional groups attached to an aromatic ring is 1. The minimum atomic E-state index is -0.242. The van der Waals surface area contributed by atoms with Gasteiger partial charge in [0.2, 0.25) is 0 Å². The van der Waals surface area contributed by atoms with E-state index in [1.165, 1.54) is 12.1 Å². The highest BCUT2D eigenvalue weighted by molar-refractivity contribution is 5.94. The molecule has 0 saturated heterocycles. The van der Waals surface area contributed by atoms with Gasteiger partial charge in [0.15, 0.2) is 0 Å². The highest BCUT2D eigenvalue weighted by atomic mass is 19.1. The molecule has 0 heterocycles. The van der Waals surface area contributed by atoms with E-state index < -0.39 is 0 Å². The Kier molecular flexibility index (Phi) is 4.77. The summed E-state index contributed by atoms with van der Waals surface area (Å²) in [4.78, 5) is 1.99. The molecule has 21 heavy (non-hydrogen) atoms. The Morgan fingerprint density at radius 1 is 1.14 bits per heavy atom. The number of likely N-dealkylation sites (N-methyl/N-ethyl adjacent to an activating group) is 1. The van der Waals surface area contributed by atoms with Crippen molar-refractivity contribution in [3.8, 4) is 5.75 Å². The zero-order valence-electron chi connectivity index (χ0n) is 11.8. The van der Waals surface area contributed by atoms with E-state index in [4.69, 9.17) is 15.9 Å². The lowest BCUT2D eigenvalue weighted by Gasteiger charge is -2.19. The summed E-state index contributed by atoms with van der Waals surface area (Å²) >= 11 is 0. The van der Waals surface area contributed by atoms with Crippen LogP contribution in [-0.4, -0.2) is 26.0 Å². The number of nitrogens with zero attached hydrogens (tertiary/aromatic N) is 1. The maximum atomic E-state index is 12.8. The SMILES string of the molecule is CN(CCOc1ccc(C(=N)N)cc1)c1ccc(F)cc1. The molecule has 0 spiro atoms. The smallest absolute Gasteiger partial charge is 0.123 e. The number of hydrogen-bond acceptors (Lipinski definition) is 3. The third-order valence-corrected chi connectivity index (χ3v) is 3.13. The molecule has 5 heteroatoms. The molecule has 0 radical (unpaired) electrons. The summed E-state index contributed by atoms with van der Waals surface area (Å²) in [5, 5.41) is 7.31. The molecule has 0 fully saturated rings. The maximum absolute atomic E-state index is 12.8. The molecule has 2 rings (SSSR count). The van der Waals surface area contributed by atoms with Crippen LogP contribution in [0.15, 0.2) is 48.5 Å². The Bertz CT molecular complexity index is 596. The molecule has 0 saturated carbocycles. The second kappa shape index (κ2) is 6.74. The van der Waals surface area contributed by atoms with E-state index >= 15 is 0 Å².